The normalized spacial score (nSPS) is 10.3. The number of Topliss-reactive ketones (excluding diaryl/α,β-unsaturated/α-hetero) is 1. The minimum Gasteiger partial charge on any atom is -0.455 e. The van der Waals surface area contributed by atoms with Crippen LogP contribution < -0.4 is 15.4 Å². The van der Waals surface area contributed by atoms with Gasteiger partial charge in [-0.1, -0.05) is 42.5 Å². The van der Waals surface area contributed by atoms with E-state index < -0.39 is 0 Å². The Morgan fingerprint density at radius 1 is 0.800 bits per heavy atom. The molecule has 6 heteroatoms. The third kappa shape index (κ3) is 4.80. The first-order valence-electron chi connectivity index (χ1n) is 9.46. The van der Waals surface area contributed by atoms with Gasteiger partial charge in [0.15, 0.2) is 11.5 Å². The van der Waals surface area contributed by atoms with Crippen LogP contribution in [0.4, 0.5) is 23.0 Å². The first-order chi connectivity index (χ1) is 14.7. The summed E-state index contributed by atoms with van der Waals surface area (Å²) in [7, 11) is 0. The molecule has 0 radical (unpaired) electrons. The van der Waals surface area contributed by atoms with E-state index in [0.29, 0.717) is 22.9 Å². The molecule has 0 bridgehead atoms. The van der Waals surface area contributed by atoms with Crippen molar-refractivity contribution in [2.45, 2.75) is 6.92 Å². The van der Waals surface area contributed by atoms with E-state index in [0.717, 1.165) is 17.1 Å². The van der Waals surface area contributed by atoms with Crippen LogP contribution in [-0.4, -0.2) is 15.8 Å². The molecule has 0 saturated heterocycles. The van der Waals surface area contributed by atoms with Gasteiger partial charge >= 0.3 is 0 Å². The summed E-state index contributed by atoms with van der Waals surface area (Å²) in [6.07, 6.45) is 1.47. The summed E-state index contributed by atoms with van der Waals surface area (Å²) < 4.78 is 5.99. The van der Waals surface area contributed by atoms with E-state index in [1.807, 2.05) is 66.7 Å². The summed E-state index contributed by atoms with van der Waals surface area (Å²) in [6, 6.07) is 26.3. The summed E-state index contributed by atoms with van der Waals surface area (Å²) >= 11 is 0. The Morgan fingerprint density at radius 3 is 2.33 bits per heavy atom. The number of rotatable bonds is 7. The maximum Gasteiger partial charge on any atom is 0.159 e. The van der Waals surface area contributed by atoms with Gasteiger partial charge in [-0.25, -0.2) is 9.97 Å². The quantitative estimate of drug-likeness (QED) is 0.376. The van der Waals surface area contributed by atoms with E-state index in [1.165, 1.54) is 6.33 Å². The summed E-state index contributed by atoms with van der Waals surface area (Å²) in [6.45, 7) is 1.54. The molecule has 4 aromatic rings. The van der Waals surface area contributed by atoms with Crippen molar-refractivity contribution in [2.75, 3.05) is 10.6 Å². The van der Waals surface area contributed by atoms with Gasteiger partial charge in [0.2, 0.25) is 0 Å². The number of carbonyl (C=O) groups excluding carboxylic acids is 1. The highest BCUT2D eigenvalue weighted by atomic mass is 16.5. The van der Waals surface area contributed by atoms with Crippen LogP contribution in [0.3, 0.4) is 0 Å². The average Bonchev–Trinajstić information content (AvgIpc) is 2.76. The topological polar surface area (TPSA) is 76.1 Å². The SMILES string of the molecule is CC(=O)c1cccc(Nc2cc(Nc3ccccc3Oc3ccccc3)ncn2)c1. The molecule has 3 aromatic carbocycles. The van der Waals surface area contributed by atoms with Crippen molar-refractivity contribution in [1.82, 2.24) is 9.97 Å². The fourth-order valence-corrected chi connectivity index (χ4v) is 2.87. The number of aromatic nitrogens is 2. The zero-order chi connectivity index (χ0) is 20.8. The number of nitrogens with zero attached hydrogens (tertiary/aromatic N) is 2. The predicted molar refractivity (Wildman–Crippen MR) is 118 cm³/mol. The highest BCUT2D eigenvalue weighted by molar-refractivity contribution is 5.95. The molecule has 0 saturated carbocycles. The second kappa shape index (κ2) is 8.87. The van der Waals surface area contributed by atoms with Crippen molar-refractivity contribution in [3.05, 3.63) is 96.8 Å². The van der Waals surface area contributed by atoms with Crippen molar-refractivity contribution in [2.24, 2.45) is 0 Å². The molecule has 0 amide bonds. The number of para-hydroxylation sites is 3. The number of ketones is 1. The van der Waals surface area contributed by atoms with Crippen LogP contribution in [0.25, 0.3) is 0 Å². The molecule has 1 heterocycles. The van der Waals surface area contributed by atoms with Gasteiger partial charge in [-0.15, -0.1) is 0 Å². The maximum atomic E-state index is 11.6. The molecular formula is C24H20N4O2. The fraction of sp³-hybridized carbons (Fsp3) is 0.0417. The van der Waals surface area contributed by atoms with E-state index in [2.05, 4.69) is 20.6 Å². The standard InChI is InChI=1S/C24H20N4O2/c1-17(29)18-8-7-9-19(14-18)27-23-15-24(26-16-25-23)28-21-12-5-6-13-22(21)30-20-10-3-2-4-11-20/h2-16H,1H3,(H2,25,26,27,28). The second-order valence-corrected chi connectivity index (χ2v) is 6.59. The minimum absolute atomic E-state index is 0.0127. The monoisotopic (exact) mass is 396 g/mol. The molecule has 0 atom stereocenters. The molecule has 0 aliphatic rings. The third-order valence-corrected chi connectivity index (χ3v) is 4.33. The van der Waals surface area contributed by atoms with Gasteiger partial charge in [0, 0.05) is 17.3 Å². The molecule has 148 valence electrons. The Hall–Kier alpha value is -4.19. The molecule has 30 heavy (non-hydrogen) atoms. The van der Waals surface area contributed by atoms with Gasteiger partial charge in [0.25, 0.3) is 0 Å². The van der Waals surface area contributed by atoms with Gasteiger partial charge in [-0.2, -0.15) is 0 Å². The van der Waals surface area contributed by atoms with E-state index >= 15 is 0 Å². The fourth-order valence-electron chi connectivity index (χ4n) is 2.87. The Labute approximate surface area is 174 Å². The molecule has 0 aliphatic heterocycles. The van der Waals surface area contributed by atoms with E-state index in [4.69, 9.17) is 4.74 Å². The summed E-state index contributed by atoms with van der Waals surface area (Å²) in [5.74, 6) is 2.67. The lowest BCUT2D eigenvalue weighted by Gasteiger charge is -2.13. The Morgan fingerprint density at radius 2 is 1.53 bits per heavy atom. The Balaban J connectivity index is 1.53. The largest absolute Gasteiger partial charge is 0.455 e. The van der Waals surface area contributed by atoms with Crippen LogP contribution in [0.2, 0.25) is 0 Å². The highest BCUT2D eigenvalue weighted by Crippen LogP contribution is 2.31. The van der Waals surface area contributed by atoms with Crippen LogP contribution in [-0.2, 0) is 0 Å². The second-order valence-electron chi connectivity index (χ2n) is 6.59. The molecule has 4 rings (SSSR count). The summed E-state index contributed by atoms with van der Waals surface area (Å²) in [5.41, 5.74) is 2.20. The number of hydrogen-bond acceptors (Lipinski definition) is 6. The predicted octanol–water partition coefficient (Wildman–Crippen LogP) is 5.96. The number of hydrogen-bond donors (Lipinski definition) is 2. The number of carbonyl (C=O) groups is 1. The molecule has 1 aromatic heterocycles. The maximum absolute atomic E-state index is 11.6. The van der Waals surface area contributed by atoms with Gasteiger partial charge in [-0.05, 0) is 43.3 Å². The van der Waals surface area contributed by atoms with Crippen LogP contribution >= 0.6 is 0 Å². The van der Waals surface area contributed by atoms with Gasteiger partial charge in [-0.3, -0.25) is 4.79 Å². The van der Waals surface area contributed by atoms with Crippen molar-refractivity contribution < 1.29 is 9.53 Å². The zero-order valence-corrected chi connectivity index (χ0v) is 16.4. The first kappa shape index (κ1) is 19.1. The summed E-state index contributed by atoms with van der Waals surface area (Å²) in [5, 5.41) is 6.48. The van der Waals surface area contributed by atoms with E-state index in [9.17, 15) is 4.79 Å². The minimum atomic E-state index is 0.0127. The van der Waals surface area contributed by atoms with Gasteiger partial charge < -0.3 is 15.4 Å². The number of anilines is 4. The first-order valence-corrected chi connectivity index (χ1v) is 9.46. The summed E-state index contributed by atoms with van der Waals surface area (Å²) in [4.78, 5) is 20.2. The molecule has 0 fully saturated rings. The van der Waals surface area contributed by atoms with Crippen LogP contribution in [0.1, 0.15) is 17.3 Å². The highest BCUT2D eigenvalue weighted by Gasteiger charge is 2.07. The molecule has 0 unspecified atom stereocenters. The lowest BCUT2D eigenvalue weighted by Crippen LogP contribution is -2.00. The van der Waals surface area contributed by atoms with E-state index in [-0.39, 0.29) is 5.78 Å². The van der Waals surface area contributed by atoms with Crippen molar-refractivity contribution in [3.63, 3.8) is 0 Å². The average molecular weight is 396 g/mol. The number of ether oxygens (including phenoxy) is 1. The van der Waals surface area contributed by atoms with Gasteiger partial charge in [0.1, 0.15) is 23.7 Å². The lowest BCUT2D eigenvalue weighted by atomic mass is 10.1. The molecule has 0 spiro atoms. The van der Waals surface area contributed by atoms with Crippen LogP contribution in [0.5, 0.6) is 11.5 Å². The molecule has 0 aliphatic carbocycles. The third-order valence-electron chi connectivity index (χ3n) is 4.33. The van der Waals surface area contributed by atoms with Gasteiger partial charge in [0.05, 0.1) is 5.69 Å². The Bertz CT molecular complexity index is 1160. The van der Waals surface area contributed by atoms with E-state index in [1.54, 1.807) is 25.1 Å². The van der Waals surface area contributed by atoms with Crippen LogP contribution in [0.15, 0.2) is 91.3 Å². The Kier molecular flexibility index (Phi) is 5.66. The smallest absolute Gasteiger partial charge is 0.159 e. The lowest BCUT2D eigenvalue weighted by molar-refractivity contribution is 0.101. The zero-order valence-electron chi connectivity index (χ0n) is 16.4. The van der Waals surface area contributed by atoms with Crippen molar-refractivity contribution in [1.29, 1.82) is 0 Å². The number of benzene rings is 3. The van der Waals surface area contributed by atoms with Crippen molar-refractivity contribution in [3.8, 4) is 11.5 Å². The number of nitrogens with one attached hydrogen (secondary N) is 2. The molecule has 2 N–H and O–H groups in total. The van der Waals surface area contributed by atoms with Crippen LogP contribution in [0, 0.1) is 0 Å². The molecular weight excluding hydrogens is 376 g/mol. The molecule has 6 nitrogen and oxygen atoms in total. The van der Waals surface area contributed by atoms with Crippen molar-refractivity contribution >= 4 is 28.8 Å².